The number of nitrogens with zero attached hydrogens (tertiary/aromatic N) is 2. The van der Waals surface area contributed by atoms with E-state index < -0.39 is 10.1 Å². The third kappa shape index (κ3) is 3.39. The van der Waals surface area contributed by atoms with Crippen LogP contribution in [0.15, 0.2) is 51.5 Å². The minimum atomic E-state index is -4.20. The number of hydrogen-bond acceptors (Lipinski definition) is 6. The summed E-state index contributed by atoms with van der Waals surface area (Å²) < 4.78 is 30.9. The third-order valence-corrected chi connectivity index (χ3v) is 4.57. The molecule has 1 aliphatic rings. The van der Waals surface area contributed by atoms with Crippen LogP contribution in [0.3, 0.4) is 0 Å². The molecule has 0 radical (unpaired) electrons. The second kappa shape index (κ2) is 6.07. The molecule has 8 heteroatoms. The summed E-state index contributed by atoms with van der Waals surface area (Å²) in [6, 6.07) is 9.16. The van der Waals surface area contributed by atoms with Crippen LogP contribution in [0.4, 0.5) is 17.1 Å². The van der Waals surface area contributed by atoms with Crippen molar-refractivity contribution in [3.63, 3.8) is 0 Å². The van der Waals surface area contributed by atoms with Gasteiger partial charge in [-0.25, -0.2) is 0 Å². The largest absolute Gasteiger partial charge is 0.398 e. The Kier molecular flexibility index (Phi) is 4.12. The molecule has 120 valence electrons. The van der Waals surface area contributed by atoms with Gasteiger partial charge < -0.3 is 11.1 Å². The molecule has 0 aromatic heterocycles. The summed E-state index contributed by atoms with van der Waals surface area (Å²) in [4.78, 5) is -0.175. The summed E-state index contributed by atoms with van der Waals surface area (Å²) in [6.45, 7) is 1.57. The van der Waals surface area contributed by atoms with Crippen LogP contribution in [0, 0.1) is 0 Å². The van der Waals surface area contributed by atoms with Crippen LogP contribution >= 0.6 is 0 Å². The van der Waals surface area contributed by atoms with Crippen LogP contribution in [-0.2, 0) is 23.1 Å². The first-order valence-electron chi connectivity index (χ1n) is 7.05. The Hall–Kier alpha value is -2.29. The van der Waals surface area contributed by atoms with Gasteiger partial charge in [0.15, 0.2) is 0 Å². The molecule has 1 aliphatic heterocycles. The number of azo groups is 1. The quantitative estimate of drug-likeness (QED) is 0.453. The minimum Gasteiger partial charge on any atom is -0.398 e. The Balaban J connectivity index is 1.89. The van der Waals surface area contributed by atoms with E-state index in [1.165, 1.54) is 24.3 Å². The summed E-state index contributed by atoms with van der Waals surface area (Å²) in [6.07, 6.45) is 0.855. The lowest BCUT2D eigenvalue weighted by atomic mass is 9.97. The summed E-state index contributed by atoms with van der Waals surface area (Å²) in [5.41, 5.74) is 10.1. The highest BCUT2D eigenvalue weighted by Gasteiger charge is 2.15. The number of nitrogen functional groups attached to an aromatic ring is 1. The van der Waals surface area contributed by atoms with Crippen LogP contribution in [0.25, 0.3) is 0 Å². The average Bonchev–Trinajstić information content (AvgIpc) is 2.54. The molecule has 2 aromatic rings. The number of nitrogens with one attached hydrogen (secondary N) is 1. The van der Waals surface area contributed by atoms with Crippen LogP contribution in [0.2, 0.25) is 0 Å². The van der Waals surface area contributed by atoms with E-state index in [0.29, 0.717) is 12.2 Å². The van der Waals surface area contributed by atoms with E-state index in [2.05, 4.69) is 15.5 Å². The lowest BCUT2D eigenvalue weighted by Gasteiger charge is -2.20. The van der Waals surface area contributed by atoms with Gasteiger partial charge in [-0.2, -0.15) is 18.6 Å². The summed E-state index contributed by atoms with van der Waals surface area (Å²) in [5, 5.41) is 11.6. The molecule has 0 fully saturated rings. The van der Waals surface area contributed by atoms with Gasteiger partial charge >= 0.3 is 0 Å². The Morgan fingerprint density at radius 2 is 1.78 bits per heavy atom. The van der Waals surface area contributed by atoms with E-state index in [1.54, 1.807) is 0 Å². The first-order chi connectivity index (χ1) is 10.9. The highest BCUT2D eigenvalue weighted by Crippen LogP contribution is 2.31. The fraction of sp³-hybridized carbons (Fsp3) is 0.200. The van der Waals surface area contributed by atoms with Crippen LogP contribution in [0.5, 0.6) is 0 Å². The van der Waals surface area contributed by atoms with Crippen molar-refractivity contribution in [2.75, 3.05) is 12.3 Å². The predicted molar refractivity (Wildman–Crippen MR) is 86.7 cm³/mol. The SMILES string of the molecule is Nc1ccc(N=Nc2ccc(S(=O)(=O)O)cc2)c2c1CCNC2. The van der Waals surface area contributed by atoms with E-state index in [1.807, 2.05) is 12.1 Å². The molecule has 23 heavy (non-hydrogen) atoms. The molecule has 0 bridgehead atoms. The number of benzene rings is 2. The first kappa shape index (κ1) is 15.6. The maximum absolute atomic E-state index is 11.0. The molecule has 7 nitrogen and oxygen atoms in total. The van der Waals surface area contributed by atoms with Crippen molar-refractivity contribution in [2.24, 2.45) is 10.2 Å². The molecule has 4 N–H and O–H groups in total. The van der Waals surface area contributed by atoms with Crippen molar-refractivity contribution < 1.29 is 13.0 Å². The van der Waals surface area contributed by atoms with Crippen molar-refractivity contribution in [2.45, 2.75) is 17.9 Å². The van der Waals surface area contributed by atoms with Crippen molar-refractivity contribution in [3.8, 4) is 0 Å². The van der Waals surface area contributed by atoms with Crippen molar-refractivity contribution in [1.82, 2.24) is 5.32 Å². The maximum atomic E-state index is 11.0. The number of fused-ring (bicyclic) bond motifs is 1. The number of nitrogens with two attached hydrogens (primary N) is 1. The lowest BCUT2D eigenvalue weighted by Crippen LogP contribution is -2.24. The minimum absolute atomic E-state index is 0.175. The molecule has 2 aromatic carbocycles. The maximum Gasteiger partial charge on any atom is 0.294 e. The molecule has 3 rings (SSSR count). The van der Waals surface area contributed by atoms with E-state index in [0.717, 1.165) is 35.5 Å². The zero-order chi connectivity index (χ0) is 16.4. The molecular weight excluding hydrogens is 316 g/mol. The van der Waals surface area contributed by atoms with Gasteiger partial charge in [-0.15, -0.1) is 0 Å². The van der Waals surface area contributed by atoms with Gasteiger partial charge in [0, 0.05) is 12.2 Å². The Morgan fingerprint density at radius 1 is 1.04 bits per heavy atom. The second-order valence-electron chi connectivity index (χ2n) is 5.23. The van der Waals surface area contributed by atoms with Gasteiger partial charge in [-0.3, -0.25) is 4.55 Å². The van der Waals surface area contributed by atoms with Gasteiger partial charge in [0.2, 0.25) is 0 Å². The molecule has 1 heterocycles. The Labute approximate surface area is 134 Å². The predicted octanol–water partition coefficient (Wildman–Crippen LogP) is 2.58. The van der Waals surface area contributed by atoms with E-state index >= 15 is 0 Å². The van der Waals surface area contributed by atoms with Crippen molar-refractivity contribution >= 4 is 27.2 Å². The standard InChI is InChI=1S/C15H16N4O3S/c16-14-5-6-15(13-9-17-8-7-12(13)14)19-18-10-1-3-11(4-2-10)23(20,21)22/h1-6,17H,7-9,16H2,(H,20,21,22). The second-order valence-corrected chi connectivity index (χ2v) is 6.65. The molecule has 0 saturated heterocycles. The summed E-state index contributed by atoms with van der Waals surface area (Å²) in [5.74, 6) is 0. The van der Waals surface area contributed by atoms with Gasteiger partial charge in [-0.1, -0.05) is 0 Å². The zero-order valence-electron chi connectivity index (χ0n) is 12.2. The smallest absolute Gasteiger partial charge is 0.294 e. The summed E-state index contributed by atoms with van der Waals surface area (Å²) in [7, 11) is -4.20. The van der Waals surface area contributed by atoms with E-state index in [-0.39, 0.29) is 4.90 Å². The normalized spacial score (nSPS) is 14.8. The Bertz CT molecular complexity index is 861. The van der Waals surface area contributed by atoms with E-state index in [9.17, 15) is 8.42 Å². The molecular formula is C15H16N4O3S. The van der Waals surface area contributed by atoms with Gasteiger partial charge in [-0.05, 0) is 60.5 Å². The Morgan fingerprint density at radius 3 is 2.48 bits per heavy atom. The number of hydrogen-bond donors (Lipinski definition) is 3. The average molecular weight is 332 g/mol. The highest BCUT2D eigenvalue weighted by atomic mass is 32.2. The van der Waals surface area contributed by atoms with Gasteiger partial charge in [0.05, 0.1) is 16.3 Å². The van der Waals surface area contributed by atoms with Crippen molar-refractivity contribution in [3.05, 3.63) is 47.5 Å². The molecule has 0 atom stereocenters. The molecule has 0 aliphatic carbocycles. The van der Waals surface area contributed by atoms with Gasteiger partial charge in [0.1, 0.15) is 0 Å². The lowest BCUT2D eigenvalue weighted by molar-refractivity contribution is 0.483. The zero-order valence-corrected chi connectivity index (χ0v) is 13.0. The summed E-state index contributed by atoms with van der Waals surface area (Å²) >= 11 is 0. The van der Waals surface area contributed by atoms with Crippen LogP contribution in [0.1, 0.15) is 11.1 Å². The molecule has 0 unspecified atom stereocenters. The fourth-order valence-electron chi connectivity index (χ4n) is 2.51. The molecule has 0 amide bonds. The highest BCUT2D eigenvalue weighted by molar-refractivity contribution is 7.85. The monoisotopic (exact) mass is 332 g/mol. The van der Waals surface area contributed by atoms with Crippen LogP contribution in [-0.4, -0.2) is 19.5 Å². The fourth-order valence-corrected chi connectivity index (χ4v) is 2.99. The number of rotatable bonds is 3. The van der Waals surface area contributed by atoms with E-state index in [4.69, 9.17) is 10.3 Å². The topological polar surface area (TPSA) is 117 Å². The van der Waals surface area contributed by atoms with Crippen LogP contribution < -0.4 is 11.1 Å². The van der Waals surface area contributed by atoms with Gasteiger partial charge in [0.25, 0.3) is 10.1 Å². The molecule has 0 spiro atoms. The van der Waals surface area contributed by atoms with Crippen molar-refractivity contribution in [1.29, 1.82) is 0 Å². The molecule has 0 saturated carbocycles. The third-order valence-electron chi connectivity index (χ3n) is 3.70. The first-order valence-corrected chi connectivity index (χ1v) is 8.49. The number of anilines is 1.